The largest absolute Gasteiger partial charge is 0.497 e. The number of carbonyl (C=O) groups is 2. The van der Waals surface area contributed by atoms with E-state index in [-0.39, 0.29) is 11.8 Å². The van der Waals surface area contributed by atoms with Gasteiger partial charge >= 0.3 is 0 Å². The molecule has 1 atom stereocenters. The van der Waals surface area contributed by atoms with E-state index < -0.39 is 5.54 Å². The fourth-order valence-electron chi connectivity index (χ4n) is 4.39. The van der Waals surface area contributed by atoms with Crippen LogP contribution in [0.3, 0.4) is 0 Å². The Morgan fingerprint density at radius 1 is 1.13 bits per heavy atom. The van der Waals surface area contributed by atoms with Crippen LogP contribution in [0.2, 0.25) is 0 Å². The van der Waals surface area contributed by atoms with Crippen molar-refractivity contribution in [1.82, 2.24) is 9.80 Å². The molecule has 2 amide bonds. The second kappa shape index (κ2) is 8.88. The molecule has 0 radical (unpaired) electrons. The molecule has 0 bridgehead atoms. The maximum atomic E-state index is 13.1. The molecule has 1 unspecified atom stereocenters. The van der Waals surface area contributed by atoms with Gasteiger partial charge in [-0.3, -0.25) is 9.59 Å². The fraction of sp³-hybridized carbons (Fsp3) is 0.417. The number of nitrogens with zero attached hydrogens (tertiary/aromatic N) is 2. The van der Waals surface area contributed by atoms with Gasteiger partial charge in [0, 0.05) is 32.7 Å². The van der Waals surface area contributed by atoms with Gasteiger partial charge < -0.3 is 19.3 Å². The Morgan fingerprint density at radius 3 is 2.67 bits per heavy atom. The van der Waals surface area contributed by atoms with Crippen LogP contribution in [0.15, 0.2) is 54.6 Å². The lowest BCUT2D eigenvalue weighted by molar-refractivity contribution is -0.138. The molecule has 2 aromatic rings. The minimum Gasteiger partial charge on any atom is -0.497 e. The lowest BCUT2D eigenvalue weighted by Gasteiger charge is -2.40. The zero-order valence-corrected chi connectivity index (χ0v) is 17.4. The summed E-state index contributed by atoms with van der Waals surface area (Å²) in [6.07, 6.45) is 1.37. The van der Waals surface area contributed by atoms with Crippen molar-refractivity contribution >= 4 is 11.8 Å². The maximum Gasteiger partial charge on any atom is 0.227 e. The quantitative estimate of drug-likeness (QED) is 0.763. The highest BCUT2D eigenvalue weighted by Gasteiger charge is 2.46. The van der Waals surface area contributed by atoms with Crippen LogP contribution in [0.5, 0.6) is 5.75 Å². The number of methoxy groups -OCH3 is 1. The molecule has 2 fully saturated rings. The van der Waals surface area contributed by atoms with Crippen LogP contribution in [0, 0.1) is 0 Å². The summed E-state index contributed by atoms with van der Waals surface area (Å²) >= 11 is 0. The Hall–Kier alpha value is -2.86. The first-order chi connectivity index (χ1) is 14.6. The molecular formula is C24H28N2O4. The van der Waals surface area contributed by atoms with Crippen LogP contribution in [0.4, 0.5) is 0 Å². The van der Waals surface area contributed by atoms with Gasteiger partial charge in [-0.2, -0.15) is 0 Å². The lowest BCUT2D eigenvalue weighted by Crippen LogP contribution is -2.56. The molecule has 4 rings (SSSR count). The van der Waals surface area contributed by atoms with Crippen molar-refractivity contribution in [1.29, 1.82) is 0 Å². The summed E-state index contributed by atoms with van der Waals surface area (Å²) in [4.78, 5) is 30.0. The van der Waals surface area contributed by atoms with Crippen molar-refractivity contribution in [3.05, 3.63) is 65.7 Å². The van der Waals surface area contributed by atoms with Crippen molar-refractivity contribution in [3.8, 4) is 5.75 Å². The summed E-state index contributed by atoms with van der Waals surface area (Å²) in [6.45, 7) is 2.56. The molecule has 2 heterocycles. The number of hydrogen-bond acceptors (Lipinski definition) is 4. The minimum absolute atomic E-state index is 0.0314. The van der Waals surface area contributed by atoms with Crippen LogP contribution < -0.4 is 4.74 Å². The first-order valence-electron chi connectivity index (χ1n) is 10.4. The van der Waals surface area contributed by atoms with Gasteiger partial charge in [0.15, 0.2) is 0 Å². The van der Waals surface area contributed by atoms with E-state index >= 15 is 0 Å². The van der Waals surface area contributed by atoms with Gasteiger partial charge in [0.2, 0.25) is 11.8 Å². The van der Waals surface area contributed by atoms with E-state index in [0.29, 0.717) is 45.7 Å². The minimum atomic E-state index is -0.465. The van der Waals surface area contributed by atoms with Gasteiger partial charge in [0.05, 0.1) is 25.7 Å². The van der Waals surface area contributed by atoms with Gasteiger partial charge in [-0.1, -0.05) is 42.5 Å². The summed E-state index contributed by atoms with van der Waals surface area (Å²) < 4.78 is 11.0. The molecule has 0 saturated carbocycles. The molecule has 30 heavy (non-hydrogen) atoms. The molecule has 0 aromatic heterocycles. The molecule has 2 aliphatic rings. The molecule has 2 aromatic carbocycles. The zero-order chi connectivity index (χ0) is 21.0. The zero-order valence-electron chi connectivity index (χ0n) is 17.4. The highest BCUT2D eigenvalue weighted by molar-refractivity contribution is 5.82. The normalized spacial score (nSPS) is 21.7. The van der Waals surface area contributed by atoms with Crippen LogP contribution in [-0.4, -0.2) is 60.6 Å². The van der Waals surface area contributed by atoms with Crippen LogP contribution >= 0.6 is 0 Å². The molecule has 0 N–H and O–H groups in total. The third-order valence-electron chi connectivity index (χ3n) is 6.06. The summed E-state index contributed by atoms with van der Waals surface area (Å²) in [6, 6.07) is 17.6. The Kier molecular flexibility index (Phi) is 6.04. The number of carbonyl (C=O) groups excluding carboxylic acids is 2. The Labute approximate surface area is 177 Å². The molecular weight excluding hydrogens is 380 g/mol. The molecule has 2 aliphatic heterocycles. The number of ether oxygens (including phenoxy) is 2. The van der Waals surface area contributed by atoms with Crippen molar-refractivity contribution in [2.45, 2.75) is 31.3 Å². The maximum absolute atomic E-state index is 13.1. The SMILES string of the molecule is COc1cccc(CC(=O)N2CCC(=O)N(Cc3ccccc3)C3(CCOC3)C2)c1. The van der Waals surface area contributed by atoms with Crippen LogP contribution in [0.25, 0.3) is 0 Å². The number of amides is 2. The van der Waals surface area contributed by atoms with Gasteiger partial charge in [-0.05, 0) is 29.7 Å². The van der Waals surface area contributed by atoms with Gasteiger partial charge in [-0.15, -0.1) is 0 Å². The first kappa shape index (κ1) is 20.4. The van der Waals surface area contributed by atoms with E-state index in [9.17, 15) is 9.59 Å². The van der Waals surface area contributed by atoms with E-state index in [1.807, 2.05) is 64.4 Å². The lowest BCUT2D eigenvalue weighted by atomic mass is 9.94. The van der Waals surface area contributed by atoms with Gasteiger partial charge in [0.1, 0.15) is 5.75 Å². The average molecular weight is 408 g/mol. The summed E-state index contributed by atoms with van der Waals surface area (Å²) in [5, 5.41) is 0. The van der Waals surface area contributed by atoms with Crippen molar-refractivity contribution in [2.24, 2.45) is 0 Å². The Morgan fingerprint density at radius 2 is 1.93 bits per heavy atom. The van der Waals surface area contributed by atoms with E-state index in [2.05, 4.69) is 0 Å². The van der Waals surface area contributed by atoms with Crippen LogP contribution in [0.1, 0.15) is 24.0 Å². The van der Waals surface area contributed by atoms with Crippen molar-refractivity contribution in [3.63, 3.8) is 0 Å². The summed E-state index contributed by atoms with van der Waals surface area (Å²) in [7, 11) is 1.62. The second-order valence-electron chi connectivity index (χ2n) is 8.09. The molecule has 158 valence electrons. The summed E-state index contributed by atoms with van der Waals surface area (Å²) in [5.74, 6) is 0.853. The van der Waals surface area contributed by atoms with E-state index in [1.54, 1.807) is 7.11 Å². The third-order valence-corrected chi connectivity index (χ3v) is 6.06. The average Bonchev–Trinajstić information content (AvgIpc) is 3.19. The Balaban J connectivity index is 1.54. The number of rotatable bonds is 5. The fourth-order valence-corrected chi connectivity index (χ4v) is 4.39. The Bertz CT molecular complexity index is 893. The van der Waals surface area contributed by atoms with Crippen molar-refractivity contribution in [2.75, 3.05) is 33.4 Å². The third kappa shape index (κ3) is 4.33. The molecule has 6 nitrogen and oxygen atoms in total. The van der Waals surface area contributed by atoms with Gasteiger partial charge in [-0.25, -0.2) is 0 Å². The second-order valence-corrected chi connectivity index (χ2v) is 8.09. The van der Waals surface area contributed by atoms with E-state index in [1.165, 1.54) is 0 Å². The highest BCUT2D eigenvalue weighted by atomic mass is 16.5. The van der Waals surface area contributed by atoms with E-state index in [0.717, 1.165) is 23.3 Å². The first-order valence-corrected chi connectivity index (χ1v) is 10.4. The number of hydrogen-bond donors (Lipinski definition) is 0. The molecule has 6 heteroatoms. The van der Waals surface area contributed by atoms with Crippen LogP contribution in [-0.2, 0) is 27.3 Å². The molecule has 1 spiro atoms. The topological polar surface area (TPSA) is 59.1 Å². The van der Waals surface area contributed by atoms with Gasteiger partial charge in [0.25, 0.3) is 0 Å². The molecule has 2 saturated heterocycles. The molecule has 0 aliphatic carbocycles. The van der Waals surface area contributed by atoms with Crippen molar-refractivity contribution < 1.29 is 19.1 Å². The standard InChI is InChI=1S/C24H28N2O4/c1-29-21-9-5-8-20(14-21)15-23(28)25-12-10-22(27)26(16-19-6-3-2-4-7-19)24(17-25)11-13-30-18-24/h2-9,14H,10-13,15-18H2,1H3. The predicted molar refractivity (Wildman–Crippen MR) is 113 cm³/mol. The predicted octanol–water partition coefficient (Wildman–Crippen LogP) is 2.66. The van der Waals surface area contributed by atoms with E-state index in [4.69, 9.17) is 9.47 Å². The smallest absolute Gasteiger partial charge is 0.227 e. The summed E-state index contributed by atoms with van der Waals surface area (Å²) in [5.41, 5.74) is 1.54. The number of benzene rings is 2. The highest BCUT2D eigenvalue weighted by Crippen LogP contribution is 2.32. The monoisotopic (exact) mass is 408 g/mol.